The molecule has 0 saturated carbocycles. The third kappa shape index (κ3) is 6.28. The van der Waals surface area contributed by atoms with E-state index in [1.165, 1.54) is 6.26 Å². The number of carboxylic acids is 1. The number of aromatic nitrogens is 3. The predicted molar refractivity (Wildman–Crippen MR) is 138 cm³/mol. The highest BCUT2D eigenvalue weighted by Crippen LogP contribution is 2.28. The maximum atomic E-state index is 11.7. The van der Waals surface area contributed by atoms with Gasteiger partial charge >= 0.3 is 5.97 Å². The van der Waals surface area contributed by atoms with Crippen LogP contribution in [-0.4, -0.2) is 65.5 Å². The summed E-state index contributed by atoms with van der Waals surface area (Å²) in [5, 5.41) is 25.6. The molecule has 0 radical (unpaired) electrons. The molecule has 0 spiro atoms. The van der Waals surface area contributed by atoms with Gasteiger partial charge in [-0.3, -0.25) is 5.32 Å². The van der Waals surface area contributed by atoms with Gasteiger partial charge in [-0.1, -0.05) is 23.5 Å². The summed E-state index contributed by atoms with van der Waals surface area (Å²) in [6, 6.07) is 8.45. The van der Waals surface area contributed by atoms with Crippen molar-refractivity contribution in [3.63, 3.8) is 0 Å². The zero-order chi connectivity index (χ0) is 25.9. The van der Waals surface area contributed by atoms with Gasteiger partial charge in [-0.05, 0) is 43.4 Å². The van der Waals surface area contributed by atoms with Crippen molar-refractivity contribution in [3.05, 3.63) is 46.5 Å². The van der Waals surface area contributed by atoms with Crippen LogP contribution in [0.2, 0.25) is 0 Å². The van der Waals surface area contributed by atoms with Gasteiger partial charge < -0.3 is 20.4 Å². The van der Waals surface area contributed by atoms with Crippen molar-refractivity contribution >= 4 is 49.9 Å². The summed E-state index contributed by atoms with van der Waals surface area (Å²) in [6.07, 6.45) is 3.05. The Bertz CT molecular complexity index is 1340. The fraction of sp³-hybridized carbons (Fsp3) is 0.391. The first kappa shape index (κ1) is 25.8. The Labute approximate surface area is 213 Å². The Hall–Kier alpha value is -3.29. The largest absolute Gasteiger partial charge is 0.477 e. The molecule has 4 N–H and O–H groups in total. The molecule has 1 atom stereocenters. The summed E-state index contributed by atoms with van der Waals surface area (Å²) in [7, 11) is -3.27. The third-order valence-electron chi connectivity index (χ3n) is 5.85. The number of aryl methyl sites for hydroxylation is 1. The Morgan fingerprint density at radius 2 is 1.97 bits per heavy atom. The van der Waals surface area contributed by atoms with Gasteiger partial charge in [0.05, 0.1) is 10.6 Å². The molecule has 1 saturated heterocycles. The Morgan fingerprint density at radius 1 is 1.22 bits per heavy atom. The standard InChI is InChI=1S/C23H28N6O5S2/c1-14-20(21(31)32)35-23(25-14)28-22-26-18(10-19(27-22)29-9-3-4-16(12-29)13-30)24-11-15-5-7-17(8-6-15)36(2,33)34/h5-8,10,16,30H,3-4,9,11-13H2,1-2H3,(H,31,32)(H2,24,25,26,27,28). The van der Waals surface area contributed by atoms with Gasteiger partial charge in [0.1, 0.15) is 16.5 Å². The SMILES string of the molecule is Cc1nc(Nc2nc(NCc3ccc(S(C)(=O)=O)cc3)cc(N3CCCC(CO)C3)n2)sc1C(=O)O. The summed E-state index contributed by atoms with van der Waals surface area (Å²) in [4.78, 5) is 27.3. The van der Waals surface area contributed by atoms with Gasteiger partial charge in [0, 0.05) is 38.6 Å². The number of aromatic carboxylic acids is 1. The first-order valence-corrected chi connectivity index (χ1v) is 14.1. The average molecular weight is 533 g/mol. The second-order valence-electron chi connectivity index (χ2n) is 8.71. The third-order valence-corrected chi connectivity index (χ3v) is 8.04. The summed E-state index contributed by atoms with van der Waals surface area (Å²) < 4.78 is 23.4. The van der Waals surface area contributed by atoms with Gasteiger partial charge in [0.25, 0.3) is 0 Å². The van der Waals surface area contributed by atoms with E-state index in [1.54, 1.807) is 31.2 Å². The lowest BCUT2D eigenvalue weighted by molar-refractivity contribution is 0.0701. The normalized spacial score (nSPS) is 16.1. The number of aliphatic hydroxyl groups excluding tert-OH is 1. The number of carboxylic acid groups (broad SMARTS) is 1. The molecule has 0 amide bonds. The van der Waals surface area contributed by atoms with Gasteiger partial charge in [-0.15, -0.1) is 0 Å². The molecule has 1 aliphatic rings. The summed E-state index contributed by atoms with van der Waals surface area (Å²) in [5.41, 5.74) is 1.28. The van der Waals surface area contributed by atoms with Crippen LogP contribution in [0.5, 0.6) is 0 Å². The van der Waals surface area contributed by atoms with Gasteiger partial charge in [-0.2, -0.15) is 9.97 Å². The maximum Gasteiger partial charge on any atom is 0.347 e. The van der Waals surface area contributed by atoms with Crippen molar-refractivity contribution in [2.45, 2.75) is 31.2 Å². The molecule has 36 heavy (non-hydrogen) atoms. The van der Waals surface area contributed by atoms with Gasteiger partial charge in [-0.25, -0.2) is 18.2 Å². The zero-order valence-electron chi connectivity index (χ0n) is 19.9. The van der Waals surface area contributed by atoms with Crippen LogP contribution in [0.3, 0.4) is 0 Å². The number of aliphatic hydroxyl groups is 1. The minimum absolute atomic E-state index is 0.109. The second kappa shape index (κ2) is 10.8. The smallest absolute Gasteiger partial charge is 0.347 e. The molecule has 1 aliphatic heterocycles. The van der Waals surface area contributed by atoms with Crippen LogP contribution in [0, 0.1) is 12.8 Å². The molecule has 1 fully saturated rings. The highest BCUT2D eigenvalue weighted by Gasteiger charge is 2.22. The molecular weight excluding hydrogens is 504 g/mol. The Balaban J connectivity index is 1.59. The topological polar surface area (TPSA) is 158 Å². The number of thiazole rings is 1. The van der Waals surface area contributed by atoms with E-state index >= 15 is 0 Å². The van der Waals surface area contributed by atoms with Crippen LogP contribution in [0.15, 0.2) is 35.2 Å². The molecule has 2 aromatic heterocycles. The molecular formula is C23H28N6O5S2. The number of anilines is 4. The van der Waals surface area contributed by atoms with E-state index in [4.69, 9.17) is 0 Å². The van der Waals surface area contributed by atoms with Crippen molar-refractivity contribution in [2.24, 2.45) is 5.92 Å². The summed E-state index contributed by atoms with van der Waals surface area (Å²) in [5.74, 6) is 0.592. The molecule has 11 nitrogen and oxygen atoms in total. The Morgan fingerprint density at radius 3 is 2.61 bits per heavy atom. The van der Waals surface area contributed by atoms with Crippen molar-refractivity contribution in [2.75, 3.05) is 41.5 Å². The molecule has 4 rings (SSSR count). The lowest BCUT2D eigenvalue weighted by atomic mass is 9.99. The van der Waals surface area contributed by atoms with Crippen molar-refractivity contribution < 1.29 is 23.4 Å². The molecule has 192 valence electrons. The molecule has 1 unspecified atom stereocenters. The number of benzene rings is 1. The number of piperidine rings is 1. The number of carbonyl (C=O) groups is 1. The number of nitrogens with zero attached hydrogens (tertiary/aromatic N) is 4. The van der Waals surface area contributed by atoms with Crippen LogP contribution < -0.4 is 15.5 Å². The lowest BCUT2D eigenvalue weighted by Crippen LogP contribution is -2.37. The van der Waals surface area contributed by atoms with Crippen LogP contribution in [0.25, 0.3) is 0 Å². The van der Waals surface area contributed by atoms with Gasteiger partial charge in [0.2, 0.25) is 5.95 Å². The second-order valence-corrected chi connectivity index (χ2v) is 11.7. The molecule has 0 bridgehead atoms. The van der Waals surface area contributed by atoms with E-state index in [-0.39, 0.29) is 28.2 Å². The van der Waals surface area contributed by atoms with Gasteiger partial charge in [0.15, 0.2) is 15.0 Å². The average Bonchev–Trinajstić information content (AvgIpc) is 3.22. The van der Waals surface area contributed by atoms with E-state index in [0.717, 1.165) is 36.3 Å². The van der Waals surface area contributed by atoms with E-state index in [1.807, 2.05) is 6.07 Å². The number of rotatable bonds is 9. The first-order valence-electron chi connectivity index (χ1n) is 11.4. The monoisotopic (exact) mass is 532 g/mol. The van der Waals surface area contributed by atoms with Crippen molar-refractivity contribution in [1.82, 2.24) is 15.0 Å². The number of sulfone groups is 1. The quantitative estimate of drug-likeness (QED) is 0.321. The Kier molecular flexibility index (Phi) is 7.71. The number of nitrogens with one attached hydrogen (secondary N) is 2. The fourth-order valence-corrected chi connectivity index (χ4v) is 5.39. The van der Waals surface area contributed by atoms with Crippen LogP contribution in [-0.2, 0) is 16.4 Å². The van der Waals surface area contributed by atoms with Crippen molar-refractivity contribution in [1.29, 1.82) is 0 Å². The van der Waals surface area contributed by atoms with E-state index in [0.29, 0.717) is 35.6 Å². The van der Waals surface area contributed by atoms with Crippen molar-refractivity contribution in [3.8, 4) is 0 Å². The summed E-state index contributed by atoms with van der Waals surface area (Å²) in [6.45, 7) is 3.60. The van der Waals surface area contributed by atoms with Crippen LogP contribution >= 0.6 is 11.3 Å². The van der Waals surface area contributed by atoms with E-state index < -0.39 is 15.8 Å². The van der Waals surface area contributed by atoms with Crippen LogP contribution in [0.1, 0.15) is 33.8 Å². The highest BCUT2D eigenvalue weighted by molar-refractivity contribution is 7.90. The summed E-state index contributed by atoms with van der Waals surface area (Å²) >= 11 is 1.01. The highest BCUT2D eigenvalue weighted by atomic mass is 32.2. The van der Waals surface area contributed by atoms with E-state index in [2.05, 4.69) is 30.5 Å². The minimum Gasteiger partial charge on any atom is -0.477 e. The minimum atomic E-state index is -3.27. The van der Waals surface area contributed by atoms with E-state index in [9.17, 15) is 23.4 Å². The predicted octanol–water partition coefficient (Wildman–Crippen LogP) is 2.91. The fourth-order valence-electron chi connectivity index (χ4n) is 3.96. The number of hydrogen-bond donors (Lipinski definition) is 4. The molecule has 1 aromatic carbocycles. The molecule has 3 aromatic rings. The molecule has 13 heteroatoms. The molecule has 3 heterocycles. The first-order chi connectivity index (χ1) is 17.1. The maximum absolute atomic E-state index is 11.7. The van der Waals surface area contributed by atoms with Crippen LogP contribution in [0.4, 0.5) is 22.7 Å². The number of hydrogen-bond acceptors (Lipinski definition) is 11. The lowest BCUT2D eigenvalue weighted by Gasteiger charge is -2.33. The zero-order valence-corrected chi connectivity index (χ0v) is 21.6. The molecule has 0 aliphatic carbocycles.